The number of aliphatic carboxylic acids is 1. The molecule has 0 saturated heterocycles. The van der Waals surface area contributed by atoms with E-state index < -0.39 is 11.7 Å². The van der Waals surface area contributed by atoms with Gasteiger partial charge in [-0.15, -0.1) is 0 Å². The largest absolute Gasteiger partial charge is 0.477 e. The van der Waals surface area contributed by atoms with Gasteiger partial charge in [-0.3, -0.25) is 5.41 Å². The molecule has 5 nitrogen and oxygen atoms in total. The molecule has 5 heteroatoms. The molecule has 0 aliphatic rings. The minimum atomic E-state index is -1.30. The molecular weight excluding hydrogens is 160 g/mol. The highest BCUT2D eigenvalue weighted by Gasteiger charge is 2.02. The van der Waals surface area contributed by atoms with Gasteiger partial charge < -0.3 is 15.6 Å². The first-order valence-electron chi connectivity index (χ1n) is 3.43. The van der Waals surface area contributed by atoms with Gasteiger partial charge in [0.2, 0.25) is 0 Å². The topological polar surface area (TPSA) is 96.4 Å². The van der Waals surface area contributed by atoms with Crippen molar-refractivity contribution in [1.29, 1.82) is 5.41 Å². The molecule has 0 atom stereocenters. The first kappa shape index (κ1) is 10.6. The zero-order chi connectivity index (χ0) is 9.56. The zero-order valence-corrected chi connectivity index (χ0v) is 6.83. The summed E-state index contributed by atoms with van der Waals surface area (Å²) in [6.45, 7) is 2.47. The van der Waals surface area contributed by atoms with Crippen LogP contribution >= 0.6 is 0 Å². The van der Waals surface area contributed by atoms with Crippen LogP contribution in [0.2, 0.25) is 0 Å². The van der Waals surface area contributed by atoms with Crippen molar-refractivity contribution in [2.45, 2.75) is 6.92 Å². The fraction of sp³-hybridized carbons (Fsp3) is 0.429. The van der Waals surface area contributed by atoms with Crippen molar-refractivity contribution in [2.75, 3.05) is 13.2 Å². The van der Waals surface area contributed by atoms with E-state index in [1.807, 2.05) is 0 Å². The Hall–Kier alpha value is -1.36. The molecular formula is C7H12N2O3. The maximum absolute atomic E-state index is 10.1. The summed E-state index contributed by atoms with van der Waals surface area (Å²) in [6.07, 6.45) is 1.07. The smallest absolute Gasteiger partial charge is 0.353 e. The summed E-state index contributed by atoms with van der Waals surface area (Å²) in [5.41, 5.74) is 5.04. The minimum Gasteiger partial charge on any atom is -0.477 e. The lowest BCUT2D eigenvalue weighted by Crippen LogP contribution is -2.14. The molecule has 12 heavy (non-hydrogen) atoms. The van der Waals surface area contributed by atoms with Crippen LogP contribution in [0.25, 0.3) is 0 Å². The second kappa shape index (κ2) is 5.31. The van der Waals surface area contributed by atoms with Crippen LogP contribution in [0.1, 0.15) is 6.92 Å². The highest BCUT2D eigenvalue weighted by molar-refractivity contribution is 6.39. The van der Waals surface area contributed by atoms with Crippen LogP contribution in [0, 0.1) is 5.41 Å². The highest BCUT2D eigenvalue weighted by atomic mass is 16.5. The molecule has 0 spiro atoms. The van der Waals surface area contributed by atoms with Gasteiger partial charge in [0.05, 0.1) is 6.61 Å². The lowest BCUT2D eigenvalue weighted by Gasteiger charge is -2.00. The fourth-order valence-corrected chi connectivity index (χ4v) is 0.509. The number of carboxylic acid groups (broad SMARTS) is 1. The van der Waals surface area contributed by atoms with Gasteiger partial charge in [0, 0.05) is 12.3 Å². The van der Waals surface area contributed by atoms with Crippen molar-refractivity contribution in [1.82, 2.24) is 0 Å². The van der Waals surface area contributed by atoms with Gasteiger partial charge in [0.15, 0.2) is 0 Å². The number of hydrogen-bond donors (Lipinski definition) is 3. The summed E-state index contributed by atoms with van der Waals surface area (Å²) in [7, 11) is 0. The van der Waals surface area contributed by atoms with E-state index in [2.05, 4.69) is 0 Å². The number of ether oxygens (including phenoxy) is 1. The van der Waals surface area contributed by atoms with E-state index in [-0.39, 0.29) is 12.3 Å². The molecule has 0 fully saturated rings. The summed E-state index contributed by atoms with van der Waals surface area (Å²) < 4.78 is 4.89. The maximum atomic E-state index is 10.1. The van der Waals surface area contributed by atoms with Crippen molar-refractivity contribution < 1.29 is 14.6 Å². The van der Waals surface area contributed by atoms with Crippen LogP contribution in [-0.4, -0.2) is 30.0 Å². The third kappa shape index (κ3) is 4.45. The van der Waals surface area contributed by atoms with Gasteiger partial charge >= 0.3 is 5.97 Å². The van der Waals surface area contributed by atoms with Crippen LogP contribution in [-0.2, 0) is 9.53 Å². The third-order valence-electron chi connectivity index (χ3n) is 1.03. The van der Waals surface area contributed by atoms with Crippen molar-refractivity contribution in [2.24, 2.45) is 5.73 Å². The number of carboxylic acids is 1. The molecule has 0 saturated carbocycles. The Kier molecular flexibility index (Phi) is 4.71. The van der Waals surface area contributed by atoms with Gasteiger partial charge in [0.25, 0.3) is 0 Å². The van der Waals surface area contributed by atoms with Crippen molar-refractivity contribution >= 4 is 11.7 Å². The Bertz CT molecular complexity index is 211. The highest BCUT2D eigenvalue weighted by Crippen LogP contribution is 1.87. The van der Waals surface area contributed by atoms with Gasteiger partial charge in [0.1, 0.15) is 5.71 Å². The Labute approximate surface area is 70.3 Å². The van der Waals surface area contributed by atoms with Crippen molar-refractivity contribution in [3.63, 3.8) is 0 Å². The minimum absolute atomic E-state index is 0.159. The SMILES string of the molecule is CCOC/C(N)=C/C(=N)C(=O)O. The number of rotatable bonds is 5. The zero-order valence-electron chi connectivity index (χ0n) is 6.83. The van der Waals surface area contributed by atoms with Crippen molar-refractivity contribution in [3.8, 4) is 0 Å². The lowest BCUT2D eigenvalue weighted by atomic mass is 10.3. The Balaban J connectivity index is 3.98. The van der Waals surface area contributed by atoms with Crippen LogP contribution in [0.15, 0.2) is 11.8 Å². The molecule has 0 unspecified atom stereocenters. The van der Waals surface area contributed by atoms with Gasteiger partial charge in [-0.2, -0.15) is 0 Å². The number of hydrogen-bond acceptors (Lipinski definition) is 4. The predicted molar refractivity (Wildman–Crippen MR) is 44.1 cm³/mol. The van der Waals surface area contributed by atoms with Gasteiger partial charge in [-0.1, -0.05) is 0 Å². The fourth-order valence-electron chi connectivity index (χ4n) is 0.509. The molecule has 0 aliphatic heterocycles. The summed E-state index contributed by atoms with van der Waals surface area (Å²) in [5, 5.41) is 15.2. The Morgan fingerprint density at radius 2 is 2.33 bits per heavy atom. The molecule has 0 radical (unpaired) electrons. The van der Waals surface area contributed by atoms with Gasteiger partial charge in [-0.25, -0.2) is 4.79 Å². The maximum Gasteiger partial charge on any atom is 0.353 e. The van der Waals surface area contributed by atoms with E-state index in [0.717, 1.165) is 6.08 Å². The van der Waals surface area contributed by atoms with E-state index in [4.69, 9.17) is 21.0 Å². The first-order valence-corrected chi connectivity index (χ1v) is 3.43. The molecule has 0 bridgehead atoms. The molecule has 0 aliphatic carbocycles. The molecule has 0 heterocycles. The number of nitrogens with one attached hydrogen (secondary N) is 1. The third-order valence-corrected chi connectivity index (χ3v) is 1.03. The summed E-state index contributed by atoms with van der Waals surface area (Å²) >= 11 is 0. The Morgan fingerprint density at radius 3 is 2.75 bits per heavy atom. The monoisotopic (exact) mass is 172 g/mol. The first-order chi connectivity index (χ1) is 5.57. The van der Waals surface area contributed by atoms with Crippen LogP contribution < -0.4 is 5.73 Å². The van der Waals surface area contributed by atoms with Crippen molar-refractivity contribution in [3.05, 3.63) is 11.8 Å². The van der Waals surface area contributed by atoms with Crippen LogP contribution in [0.5, 0.6) is 0 Å². The van der Waals surface area contributed by atoms with Crippen LogP contribution in [0.3, 0.4) is 0 Å². The number of nitrogens with two attached hydrogens (primary N) is 1. The van der Waals surface area contributed by atoms with Crippen LogP contribution in [0.4, 0.5) is 0 Å². The second-order valence-electron chi connectivity index (χ2n) is 2.08. The Morgan fingerprint density at radius 1 is 1.75 bits per heavy atom. The van der Waals surface area contributed by atoms with E-state index in [9.17, 15) is 4.79 Å². The molecule has 68 valence electrons. The lowest BCUT2D eigenvalue weighted by molar-refractivity contribution is -0.129. The van der Waals surface area contributed by atoms with E-state index in [1.54, 1.807) is 6.92 Å². The van der Waals surface area contributed by atoms with E-state index in [0.29, 0.717) is 6.61 Å². The normalized spacial score (nSPS) is 11.2. The standard InChI is InChI=1S/C7H12N2O3/c1-2-12-4-5(8)3-6(9)7(10)11/h3,9H,2,4,8H2,1H3,(H,10,11)/b5-3-,9-6?. The molecule has 0 aromatic heterocycles. The average molecular weight is 172 g/mol. The van der Waals surface area contributed by atoms with E-state index in [1.165, 1.54) is 0 Å². The quantitative estimate of drug-likeness (QED) is 0.507. The summed E-state index contributed by atoms with van der Waals surface area (Å²) in [5.74, 6) is -1.30. The van der Waals surface area contributed by atoms with Gasteiger partial charge in [-0.05, 0) is 13.0 Å². The summed E-state index contributed by atoms with van der Waals surface area (Å²) in [6, 6.07) is 0. The molecule has 0 aromatic rings. The molecule has 4 N–H and O–H groups in total. The predicted octanol–water partition coefficient (Wildman–Crippen LogP) is -0.0301. The molecule has 0 amide bonds. The average Bonchev–Trinajstić information content (AvgIpc) is 2.00. The summed E-state index contributed by atoms with van der Waals surface area (Å²) in [4.78, 5) is 10.1. The van der Waals surface area contributed by atoms with E-state index >= 15 is 0 Å². The second-order valence-corrected chi connectivity index (χ2v) is 2.08. The molecule has 0 rings (SSSR count). The molecule has 0 aromatic carbocycles. The number of carbonyl (C=O) groups is 1.